The normalized spacial score (nSPS) is 12.6. The Morgan fingerprint density at radius 2 is 1.52 bits per heavy atom. The molecule has 0 spiro atoms. The molecule has 0 saturated carbocycles. The van der Waals surface area contributed by atoms with Crippen LogP contribution >= 0.6 is 12.4 Å². The third-order valence-electron chi connectivity index (χ3n) is 3.77. The number of ether oxygens (including phenoxy) is 1. The van der Waals surface area contributed by atoms with Crippen LogP contribution in [0.25, 0.3) is 0 Å². The predicted molar refractivity (Wildman–Crippen MR) is 105 cm³/mol. The van der Waals surface area contributed by atoms with Crippen molar-refractivity contribution in [3.8, 4) is 0 Å². The maximum Gasteiger partial charge on any atom is 0.408 e. The van der Waals surface area contributed by atoms with E-state index in [1.54, 1.807) is 27.7 Å². The van der Waals surface area contributed by atoms with Gasteiger partial charge in [0, 0.05) is 0 Å². The Balaban J connectivity index is 0.00000676. The van der Waals surface area contributed by atoms with Crippen molar-refractivity contribution in [2.45, 2.75) is 46.4 Å². The van der Waals surface area contributed by atoms with Crippen LogP contribution in [-0.2, 0) is 20.9 Å². The third-order valence-corrected chi connectivity index (χ3v) is 3.77. The van der Waals surface area contributed by atoms with E-state index in [0.29, 0.717) is 0 Å². The van der Waals surface area contributed by atoms with E-state index >= 15 is 0 Å². The molecule has 0 radical (unpaired) electrons. The van der Waals surface area contributed by atoms with Crippen LogP contribution in [0.4, 0.5) is 4.79 Å². The van der Waals surface area contributed by atoms with E-state index in [1.165, 1.54) is 0 Å². The molecule has 0 aromatic heterocycles. The van der Waals surface area contributed by atoms with Crippen LogP contribution in [-0.4, -0.2) is 30.0 Å². The van der Waals surface area contributed by atoms with E-state index in [0.717, 1.165) is 5.56 Å². The van der Waals surface area contributed by atoms with E-state index < -0.39 is 30.0 Å². The van der Waals surface area contributed by atoms with Crippen molar-refractivity contribution in [3.05, 3.63) is 35.9 Å². The summed E-state index contributed by atoms with van der Waals surface area (Å²) in [6.45, 7) is 7.23. The van der Waals surface area contributed by atoms with Gasteiger partial charge in [0.15, 0.2) is 0 Å². The number of nitrogens with one attached hydrogen (secondary N) is 3. The van der Waals surface area contributed by atoms with Gasteiger partial charge >= 0.3 is 6.09 Å². The van der Waals surface area contributed by atoms with Gasteiger partial charge in [0.05, 0.1) is 6.04 Å². The van der Waals surface area contributed by atoms with Gasteiger partial charge in [-0.05, 0) is 17.4 Å². The minimum Gasteiger partial charge on any atom is -0.445 e. The minimum absolute atomic E-state index is 0. The summed E-state index contributed by atoms with van der Waals surface area (Å²) in [7, 11) is 0. The zero-order valence-electron chi connectivity index (χ0n) is 16.0. The molecule has 0 aliphatic carbocycles. The van der Waals surface area contributed by atoms with Gasteiger partial charge in [-0.3, -0.25) is 20.4 Å². The van der Waals surface area contributed by atoms with Crippen LogP contribution < -0.4 is 21.9 Å². The SMILES string of the molecule is CC(C)C(N)C(=O)NNC(=O)C(NC(=O)OCc1ccccc1)C(C)C.Cl. The zero-order valence-corrected chi connectivity index (χ0v) is 16.8. The highest BCUT2D eigenvalue weighted by Gasteiger charge is 2.26. The number of hydrogen-bond acceptors (Lipinski definition) is 5. The third kappa shape index (κ3) is 8.74. The summed E-state index contributed by atoms with van der Waals surface area (Å²) in [6.07, 6.45) is -0.715. The van der Waals surface area contributed by atoms with Crippen molar-refractivity contribution in [1.29, 1.82) is 0 Å². The van der Waals surface area contributed by atoms with E-state index in [2.05, 4.69) is 16.2 Å². The highest BCUT2D eigenvalue weighted by Crippen LogP contribution is 2.04. The Morgan fingerprint density at radius 1 is 0.963 bits per heavy atom. The topological polar surface area (TPSA) is 123 Å². The average Bonchev–Trinajstić information content (AvgIpc) is 2.61. The first-order chi connectivity index (χ1) is 12.2. The van der Waals surface area contributed by atoms with Crippen molar-refractivity contribution in [2.75, 3.05) is 0 Å². The summed E-state index contributed by atoms with van der Waals surface area (Å²) in [4.78, 5) is 36.0. The Kier molecular flexibility index (Phi) is 11.1. The largest absolute Gasteiger partial charge is 0.445 e. The van der Waals surface area contributed by atoms with Gasteiger partial charge in [-0.2, -0.15) is 0 Å². The quantitative estimate of drug-likeness (QED) is 0.516. The van der Waals surface area contributed by atoms with Gasteiger partial charge in [0.1, 0.15) is 12.6 Å². The number of hydrogen-bond donors (Lipinski definition) is 4. The molecule has 152 valence electrons. The fourth-order valence-electron chi connectivity index (χ4n) is 2.01. The summed E-state index contributed by atoms with van der Waals surface area (Å²) >= 11 is 0. The molecule has 1 aromatic carbocycles. The van der Waals surface area contributed by atoms with Gasteiger partial charge in [-0.15, -0.1) is 12.4 Å². The Labute approximate surface area is 166 Å². The van der Waals surface area contributed by atoms with E-state index in [1.807, 2.05) is 30.3 Å². The molecule has 2 unspecified atom stereocenters. The van der Waals surface area contributed by atoms with Crippen molar-refractivity contribution < 1.29 is 19.1 Å². The lowest BCUT2D eigenvalue weighted by molar-refractivity contribution is -0.131. The summed E-state index contributed by atoms with van der Waals surface area (Å²) in [6, 6.07) is 7.59. The number of halogens is 1. The number of hydrazine groups is 1. The van der Waals surface area contributed by atoms with Crippen molar-refractivity contribution >= 4 is 30.3 Å². The average molecular weight is 401 g/mol. The summed E-state index contributed by atoms with van der Waals surface area (Å²) in [5.74, 6) is -1.34. The molecule has 2 atom stereocenters. The van der Waals surface area contributed by atoms with E-state index in [9.17, 15) is 14.4 Å². The van der Waals surface area contributed by atoms with Crippen LogP contribution in [0.1, 0.15) is 33.3 Å². The molecule has 9 heteroatoms. The van der Waals surface area contributed by atoms with Crippen LogP contribution in [0.2, 0.25) is 0 Å². The molecular weight excluding hydrogens is 372 g/mol. The molecule has 0 fully saturated rings. The lowest BCUT2D eigenvalue weighted by Gasteiger charge is -2.22. The van der Waals surface area contributed by atoms with Gasteiger partial charge < -0.3 is 15.8 Å². The number of amides is 3. The number of carbonyl (C=O) groups excluding carboxylic acids is 3. The second-order valence-corrected chi connectivity index (χ2v) is 6.68. The molecule has 0 heterocycles. The fraction of sp³-hybridized carbons (Fsp3) is 0.500. The highest BCUT2D eigenvalue weighted by molar-refractivity contribution is 5.89. The lowest BCUT2D eigenvalue weighted by Crippen LogP contribution is -2.57. The molecule has 0 aliphatic rings. The zero-order chi connectivity index (χ0) is 19.7. The molecule has 1 aromatic rings. The van der Waals surface area contributed by atoms with Crippen LogP contribution in [0.3, 0.4) is 0 Å². The van der Waals surface area contributed by atoms with Crippen molar-refractivity contribution in [3.63, 3.8) is 0 Å². The van der Waals surface area contributed by atoms with E-state index in [4.69, 9.17) is 10.5 Å². The predicted octanol–water partition coefficient (Wildman–Crippen LogP) is 1.49. The van der Waals surface area contributed by atoms with Gasteiger partial charge in [-0.1, -0.05) is 58.0 Å². The molecule has 3 amide bonds. The van der Waals surface area contributed by atoms with Crippen molar-refractivity contribution in [2.24, 2.45) is 17.6 Å². The van der Waals surface area contributed by atoms with Crippen LogP contribution in [0.5, 0.6) is 0 Å². The summed E-state index contributed by atoms with van der Waals surface area (Å²) in [5.41, 5.74) is 11.1. The molecule has 0 bridgehead atoms. The lowest BCUT2D eigenvalue weighted by atomic mass is 10.0. The monoisotopic (exact) mass is 400 g/mol. The van der Waals surface area contributed by atoms with Crippen molar-refractivity contribution in [1.82, 2.24) is 16.2 Å². The van der Waals surface area contributed by atoms with Crippen LogP contribution in [0.15, 0.2) is 30.3 Å². The first kappa shape index (κ1) is 24.7. The Morgan fingerprint density at radius 3 is 2.04 bits per heavy atom. The standard InChI is InChI=1S/C18H28N4O4.ClH/c1-11(2)14(19)16(23)21-22-17(24)15(12(3)4)20-18(25)26-10-13-8-6-5-7-9-13;/h5-9,11-12,14-15H,10,19H2,1-4H3,(H,20,25)(H,21,23)(H,22,24);1H. The number of carbonyl (C=O) groups is 3. The smallest absolute Gasteiger partial charge is 0.408 e. The Hall–Kier alpha value is -2.32. The number of nitrogens with two attached hydrogens (primary N) is 1. The molecule has 1 rings (SSSR count). The Bertz CT molecular complexity index is 611. The summed E-state index contributed by atoms with van der Waals surface area (Å²) < 4.78 is 5.12. The van der Waals surface area contributed by atoms with Crippen LogP contribution in [0, 0.1) is 11.8 Å². The highest BCUT2D eigenvalue weighted by atomic mass is 35.5. The van der Waals surface area contributed by atoms with Gasteiger partial charge in [0.2, 0.25) is 0 Å². The maximum absolute atomic E-state index is 12.3. The first-order valence-corrected chi connectivity index (χ1v) is 8.54. The van der Waals surface area contributed by atoms with Gasteiger partial charge in [0.25, 0.3) is 11.8 Å². The second-order valence-electron chi connectivity index (χ2n) is 6.68. The molecule has 5 N–H and O–H groups in total. The number of alkyl carbamates (subject to hydrolysis) is 1. The molecule has 27 heavy (non-hydrogen) atoms. The molecule has 8 nitrogen and oxygen atoms in total. The molecule has 0 saturated heterocycles. The molecule has 0 aliphatic heterocycles. The maximum atomic E-state index is 12.3. The van der Waals surface area contributed by atoms with Gasteiger partial charge in [-0.25, -0.2) is 4.79 Å². The first-order valence-electron chi connectivity index (χ1n) is 8.54. The fourth-order valence-corrected chi connectivity index (χ4v) is 2.01. The minimum atomic E-state index is -0.867. The summed E-state index contributed by atoms with van der Waals surface area (Å²) in [5, 5.41) is 2.51. The van der Waals surface area contributed by atoms with E-state index in [-0.39, 0.29) is 30.8 Å². The molecular formula is C18H29ClN4O4. The number of benzene rings is 1. The number of rotatable bonds is 7. The second kappa shape index (κ2) is 12.1.